The number of aliphatic hydroxyl groups is 1. The molecule has 1 saturated heterocycles. The Balaban J connectivity index is 1.29. The molecule has 0 aliphatic carbocycles. The van der Waals surface area contributed by atoms with Crippen molar-refractivity contribution in [2.75, 3.05) is 13.1 Å². The van der Waals surface area contributed by atoms with E-state index in [1.807, 2.05) is 62.0 Å². The summed E-state index contributed by atoms with van der Waals surface area (Å²) in [5.74, 6) is 0.0373. The molecule has 5 rings (SSSR count). The zero-order valence-electron chi connectivity index (χ0n) is 25.0. The molecule has 1 aliphatic rings. The van der Waals surface area contributed by atoms with Gasteiger partial charge in [0.05, 0.1) is 24.0 Å². The van der Waals surface area contributed by atoms with Crippen molar-refractivity contribution in [2.45, 2.75) is 71.3 Å². The molecule has 1 unspecified atom stereocenters. The Bertz CT molecular complexity index is 1530. The normalized spacial score (nSPS) is 16.3. The van der Waals surface area contributed by atoms with E-state index < -0.39 is 12.1 Å². The minimum atomic E-state index is -0.856. The van der Waals surface area contributed by atoms with E-state index in [0.717, 1.165) is 41.8 Å². The Kier molecular flexibility index (Phi) is 9.68. The van der Waals surface area contributed by atoms with Gasteiger partial charge < -0.3 is 25.1 Å². The maximum Gasteiger partial charge on any atom is 0.254 e. The van der Waals surface area contributed by atoms with E-state index in [-0.39, 0.29) is 24.4 Å². The Morgan fingerprint density at radius 2 is 1.91 bits per heavy atom. The highest BCUT2D eigenvalue weighted by Crippen LogP contribution is 2.33. The van der Waals surface area contributed by atoms with Crippen LogP contribution in [0.5, 0.6) is 0 Å². The summed E-state index contributed by atoms with van der Waals surface area (Å²) >= 11 is 0. The first kappa shape index (κ1) is 30.2. The van der Waals surface area contributed by atoms with Crippen LogP contribution in [0.1, 0.15) is 74.8 Å². The quantitative estimate of drug-likeness (QED) is 0.230. The molecule has 3 heterocycles. The van der Waals surface area contributed by atoms with Crippen molar-refractivity contribution < 1.29 is 19.1 Å². The Morgan fingerprint density at radius 3 is 2.63 bits per heavy atom. The summed E-state index contributed by atoms with van der Waals surface area (Å²) in [5, 5.41) is 21.8. The SMILES string of the molecule is CCn1cc(CNC[C@@H](O)[C@H](Cc2ccccc2)NC(=O)c2cc(C)cc(C(=O)N3CCCC3c3nc(C)co3)c2)cn1. The summed E-state index contributed by atoms with van der Waals surface area (Å²) in [5.41, 5.74) is 4.41. The smallest absolute Gasteiger partial charge is 0.254 e. The number of aliphatic hydroxyl groups excluding tert-OH is 1. The van der Waals surface area contributed by atoms with Crippen molar-refractivity contribution in [2.24, 2.45) is 0 Å². The second kappa shape index (κ2) is 13.8. The van der Waals surface area contributed by atoms with Gasteiger partial charge in [0.15, 0.2) is 0 Å². The topological polar surface area (TPSA) is 126 Å². The Morgan fingerprint density at radius 1 is 1.12 bits per heavy atom. The van der Waals surface area contributed by atoms with Crippen LogP contribution in [-0.4, -0.2) is 61.8 Å². The number of aryl methyl sites for hydroxylation is 3. The van der Waals surface area contributed by atoms with E-state index in [4.69, 9.17) is 4.42 Å². The number of rotatable bonds is 12. The average molecular weight is 585 g/mol. The van der Waals surface area contributed by atoms with Crippen molar-refractivity contribution >= 4 is 11.8 Å². The fourth-order valence-electron chi connectivity index (χ4n) is 5.58. The van der Waals surface area contributed by atoms with Crippen LogP contribution < -0.4 is 10.6 Å². The van der Waals surface area contributed by atoms with Crippen molar-refractivity contribution in [1.29, 1.82) is 0 Å². The predicted octanol–water partition coefficient (Wildman–Crippen LogP) is 3.98. The molecule has 0 bridgehead atoms. The number of oxazole rings is 1. The van der Waals surface area contributed by atoms with Gasteiger partial charge in [-0.3, -0.25) is 14.3 Å². The summed E-state index contributed by atoms with van der Waals surface area (Å²) < 4.78 is 7.47. The number of likely N-dealkylation sites (tertiary alicyclic amines) is 1. The fraction of sp³-hybridized carbons (Fsp3) is 0.394. The van der Waals surface area contributed by atoms with Crippen LogP contribution >= 0.6 is 0 Å². The minimum absolute atomic E-state index is 0.160. The van der Waals surface area contributed by atoms with E-state index in [9.17, 15) is 14.7 Å². The molecule has 3 N–H and O–H groups in total. The van der Waals surface area contributed by atoms with Gasteiger partial charge in [-0.15, -0.1) is 0 Å². The van der Waals surface area contributed by atoms with Crippen LogP contribution in [0.15, 0.2) is 71.6 Å². The summed E-state index contributed by atoms with van der Waals surface area (Å²) in [7, 11) is 0. The minimum Gasteiger partial charge on any atom is -0.446 e. The first-order valence-corrected chi connectivity index (χ1v) is 14.9. The monoisotopic (exact) mass is 584 g/mol. The molecule has 4 aromatic rings. The van der Waals surface area contributed by atoms with Gasteiger partial charge in [0, 0.05) is 49.1 Å². The number of nitrogens with zero attached hydrogens (tertiary/aromatic N) is 4. The van der Waals surface area contributed by atoms with Crippen molar-refractivity contribution in [3.8, 4) is 0 Å². The number of carbonyl (C=O) groups is 2. The standard InChI is InChI=1S/C33H40N6O4/c1-4-38-20-25(18-35-38)17-34-19-30(40)28(15-24-9-6-5-7-10-24)37-31(41)26-13-22(2)14-27(16-26)33(42)39-12-8-11-29(39)32-36-23(3)21-43-32/h5-7,9-10,13-14,16,18,20-21,28-30,34,40H,4,8,11-12,15,17,19H2,1-3H3,(H,37,41)/t28-,29?,30+/m0/s1. The van der Waals surface area contributed by atoms with Crippen molar-refractivity contribution in [3.05, 3.63) is 107 Å². The highest BCUT2D eigenvalue weighted by molar-refractivity contribution is 6.00. The maximum absolute atomic E-state index is 13.7. The number of carbonyl (C=O) groups excluding carboxylic acids is 2. The van der Waals surface area contributed by atoms with E-state index in [1.54, 1.807) is 35.6 Å². The number of nitrogens with one attached hydrogen (secondary N) is 2. The Hall–Kier alpha value is -4.28. The highest BCUT2D eigenvalue weighted by Gasteiger charge is 2.34. The van der Waals surface area contributed by atoms with Gasteiger partial charge >= 0.3 is 0 Å². The van der Waals surface area contributed by atoms with E-state index in [2.05, 4.69) is 20.7 Å². The molecule has 43 heavy (non-hydrogen) atoms. The third-order valence-electron chi connectivity index (χ3n) is 7.79. The molecule has 226 valence electrons. The van der Waals surface area contributed by atoms with E-state index in [0.29, 0.717) is 36.5 Å². The third kappa shape index (κ3) is 7.57. The predicted molar refractivity (Wildman–Crippen MR) is 162 cm³/mol. The number of aromatic nitrogens is 3. The van der Waals surface area contributed by atoms with Gasteiger partial charge in [0.25, 0.3) is 11.8 Å². The molecule has 1 fully saturated rings. The fourth-order valence-corrected chi connectivity index (χ4v) is 5.58. The molecule has 3 atom stereocenters. The third-order valence-corrected chi connectivity index (χ3v) is 7.79. The number of hydrogen-bond donors (Lipinski definition) is 3. The summed E-state index contributed by atoms with van der Waals surface area (Å²) in [4.78, 5) is 33.5. The molecule has 10 heteroatoms. The first-order chi connectivity index (χ1) is 20.8. The molecule has 2 aromatic heterocycles. The van der Waals surface area contributed by atoms with Crippen LogP contribution in [-0.2, 0) is 19.5 Å². The number of benzene rings is 2. The molecule has 10 nitrogen and oxygen atoms in total. The molecule has 1 aliphatic heterocycles. The summed E-state index contributed by atoms with van der Waals surface area (Å²) in [6, 6.07) is 14.2. The number of amides is 2. The van der Waals surface area contributed by atoms with Gasteiger partial charge in [-0.05, 0) is 69.4 Å². The second-order valence-corrected chi connectivity index (χ2v) is 11.2. The van der Waals surface area contributed by atoms with E-state index in [1.165, 1.54) is 0 Å². The van der Waals surface area contributed by atoms with Crippen molar-refractivity contribution in [1.82, 2.24) is 30.3 Å². The average Bonchev–Trinajstić information content (AvgIpc) is 3.77. The maximum atomic E-state index is 13.7. The van der Waals surface area contributed by atoms with Gasteiger partial charge in [0.1, 0.15) is 12.3 Å². The summed E-state index contributed by atoms with van der Waals surface area (Å²) in [6.07, 6.45) is 6.59. The lowest BCUT2D eigenvalue weighted by Gasteiger charge is -2.25. The van der Waals surface area contributed by atoms with Crippen LogP contribution in [0, 0.1) is 13.8 Å². The van der Waals surface area contributed by atoms with E-state index >= 15 is 0 Å². The van der Waals surface area contributed by atoms with Crippen LogP contribution in [0.2, 0.25) is 0 Å². The lowest BCUT2D eigenvalue weighted by atomic mass is 9.99. The summed E-state index contributed by atoms with van der Waals surface area (Å²) in [6.45, 7) is 7.98. The van der Waals surface area contributed by atoms with Gasteiger partial charge in [-0.2, -0.15) is 5.10 Å². The van der Waals surface area contributed by atoms with Gasteiger partial charge in [0.2, 0.25) is 5.89 Å². The molecule has 0 radical (unpaired) electrons. The Labute approximate surface area is 252 Å². The van der Waals surface area contributed by atoms with Crippen LogP contribution in [0.25, 0.3) is 0 Å². The molecule has 0 saturated carbocycles. The largest absolute Gasteiger partial charge is 0.446 e. The van der Waals surface area contributed by atoms with Crippen LogP contribution in [0.4, 0.5) is 0 Å². The second-order valence-electron chi connectivity index (χ2n) is 11.2. The molecule has 2 amide bonds. The lowest BCUT2D eigenvalue weighted by molar-refractivity contribution is 0.0715. The first-order valence-electron chi connectivity index (χ1n) is 14.9. The molecule has 2 aromatic carbocycles. The van der Waals surface area contributed by atoms with Gasteiger partial charge in [-0.25, -0.2) is 4.98 Å². The highest BCUT2D eigenvalue weighted by atomic mass is 16.3. The molecular formula is C33H40N6O4. The van der Waals surface area contributed by atoms with Crippen LogP contribution in [0.3, 0.4) is 0 Å². The van der Waals surface area contributed by atoms with Crippen molar-refractivity contribution in [3.63, 3.8) is 0 Å². The molecular weight excluding hydrogens is 544 g/mol. The zero-order valence-corrected chi connectivity index (χ0v) is 25.0. The van der Waals surface area contributed by atoms with Gasteiger partial charge in [-0.1, -0.05) is 30.3 Å². The molecule has 0 spiro atoms. The zero-order chi connectivity index (χ0) is 30.3. The lowest BCUT2D eigenvalue weighted by Crippen LogP contribution is -2.48. The number of hydrogen-bond acceptors (Lipinski definition) is 7.